The van der Waals surface area contributed by atoms with Crippen LogP contribution in [0.5, 0.6) is 0 Å². The van der Waals surface area contributed by atoms with Gasteiger partial charge in [0.2, 0.25) is 6.71 Å². The zero-order valence-electron chi connectivity index (χ0n) is 61.3. The Balaban J connectivity index is 1.01. The molecule has 101 heavy (non-hydrogen) atoms. The van der Waals surface area contributed by atoms with E-state index in [1.165, 1.54) is 160 Å². The average molecular weight is 1470 g/mol. The van der Waals surface area contributed by atoms with Crippen molar-refractivity contribution in [3.05, 3.63) is 261 Å². The largest absolute Gasteiger partial charge is 0.311 e. The number of unbranched alkanes of at least 4 members (excludes halogenated alkanes) is 3. The maximum atomic E-state index is 2.73. The van der Waals surface area contributed by atoms with Crippen molar-refractivity contribution in [2.45, 2.75) is 190 Å². The third-order valence-corrected chi connectivity index (χ3v) is 24.8. The van der Waals surface area contributed by atoms with Crippen LogP contribution < -0.4 is 52.4 Å². The van der Waals surface area contributed by atoms with Crippen LogP contribution in [0.2, 0.25) is 0 Å². The van der Waals surface area contributed by atoms with Crippen molar-refractivity contribution < 1.29 is 0 Å². The number of aryl methyl sites for hydroxylation is 4. The maximum Gasteiger partial charge on any atom is 0.252 e. The number of fused-ring (bicyclic) bond motifs is 8. The van der Waals surface area contributed by atoms with Crippen LogP contribution in [0.25, 0.3) is 0 Å². The van der Waals surface area contributed by atoms with E-state index in [0.717, 1.165) is 73.4 Å². The predicted octanol–water partition coefficient (Wildman–Crippen LogP) is 23.6. The van der Waals surface area contributed by atoms with Crippen LogP contribution in [-0.2, 0) is 30.1 Å². The van der Waals surface area contributed by atoms with Gasteiger partial charge in [-0.15, -0.1) is 0 Å². The molecule has 1 atom stereocenters. The van der Waals surface area contributed by atoms with Crippen LogP contribution in [0.15, 0.2) is 238 Å². The highest BCUT2D eigenvalue weighted by molar-refractivity contribution is 14.1. The first-order valence-electron chi connectivity index (χ1n) is 37.5. The molecule has 4 aliphatic heterocycles. The van der Waals surface area contributed by atoms with Gasteiger partial charge in [-0.2, -0.15) is 0 Å². The molecule has 15 rings (SSSR count). The summed E-state index contributed by atoms with van der Waals surface area (Å²) in [4.78, 5) is 15.7. The summed E-state index contributed by atoms with van der Waals surface area (Å²) in [5.74, 6) is 0.464. The molecule has 4 nitrogen and oxygen atoms in total. The van der Waals surface area contributed by atoms with Gasteiger partial charge >= 0.3 is 0 Å². The molecule has 0 saturated carbocycles. The fourth-order valence-electron chi connectivity index (χ4n) is 16.2. The van der Waals surface area contributed by atoms with Crippen molar-refractivity contribution in [1.29, 1.82) is 0 Å². The topological polar surface area (TPSA) is 13.0 Å². The monoisotopic (exact) mass is 1470 g/mol. The van der Waals surface area contributed by atoms with Gasteiger partial charge in [0.1, 0.15) is 0 Å². The Labute approximate surface area is 626 Å². The van der Waals surface area contributed by atoms with Gasteiger partial charge in [-0.3, -0.25) is 0 Å². The lowest BCUT2D eigenvalue weighted by atomic mass is 9.31. The van der Waals surface area contributed by atoms with Gasteiger partial charge in [-0.05, 0) is 268 Å². The Bertz CT molecular complexity index is 4860. The summed E-state index contributed by atoms with van der Waals surface area (Å²) >= 11 is 6.41. The molecule has 4 aliphatic rings. The standard InChI is InChI=1S/C92H95B2IN4S2/c1-13-17-22-62-28-40-69(41-29-62)96(72-50-38-68(95)39-51-72)75-54-82-89-83(55-75)99(74-48-36-67(37-49-74)92(10,11)12)81-59-85-79(58-77(81)94(89)88-65(24-19-15-3)25-20-26-80(88)98(82)73-44-32-64(33-45-73)61(6)21-16-4)93-78-53-60(5)27-52-84(78)100-86-56-76(57-87(101-85)90(86)93)97(70-42-30-63(31-43-70)23-18-14-2)71-46-34-66(35-47-71)91(7,8)9/h20,25-59,61H,13-19,21-24H2,1-12H3. The van der Waals surface area contributed by atoms with Gasteiger partial charge in [0.25, 0.3) is 6.71 Å². The molecule has 11 aromatic carbocycles. The van der Waals surface area contributed by atoms with E-state index >= 15 is 0 Å². The van der Waals surface area contributed by atoms with E-state index in [2.05, 4.69) is 344 Å². The highest BCUT2D eigenvalue weighted by atomic mass is 127. The number of nitrogens with zero attached hydrogens (tertiary/aromatic N) is 4. The molecule has 0 saturated heterocycles. The number of hydrogen-bond donors (Lipinski definition) is 0. The number of hydrogen-bond acceptors (Lipinski definition) is 6. The first-order chi connectivity index (χ1) is 48.9. The molecule has 0 bridgehead atoms. The SMILES string of the molecule is CCCCc1ccc(N(c2ccc(C(C)(C)C)cc2)c2cc3c4c(c2)Sc2cc5c(cc2B4c2cc(C)ccc2S3)B2c3c(CCCC)cccc3N(c3ccc(C(C)CCC)cc3)c3cc(N(c4ccc(I)cc4)c4ccc(CCCC)cc4)cc(c32)N5c2ccc(C(C)(C)C)cc2)cc1. The van der Waals surface area contributed by atoms with Gasteiger partial charge in [-0.25, -0.2) is 0 Å². The van der Waals surface area contributed by atoms with E-state index in [1.807, 2.05) is 23.5 Å². The fraction of sp³-hybridized carbons (Fsp3) is 0.283. The Hall–Kier alpha value is -7.82. The first-order valence-corrected chi connectivity index (χ1v) is 40.2. The Morgan fingerprint density at radius 1 is 0.406 bits per heavy atom. The lowest BCUT2D eigenvalue weighted by molar-refractivity contribution is 0.590. The molecule has 0 radical (unpaired) electrons. The molecule has 11 aromatic rings. The van der Waals surface area contributed by atoms with Gasteiger partial charge < -0.3 is 19.6 Å². The summed E-state index contributed by atoms with van der Waals surface area (Å²) in [7, 11) is 0. The van der Waals surface area contributed by atoms with Crippen molar-refractivity contribution >= 4 is 161 Å². The summed E-state index contributed by atoms with van der Waals surface area (Å²) in [6.45, 7) is 27.8. The van der Waals surface area contributed by atoms with Gasteiger partial charge in [0, 0.05) is 85.7 Å². The third-order valence-electron chi connectivity index (χ3n) is 21.8. The van der Waals surface area contributed by atoms with Crippen LogP contribution in [0.4, 0.5) is 68.2 Å². The number of benzene rings is 11. The van der Waals surface area contributed by atoms with Crippen LogP contribution in [0, 0.1) is 10.5 Å². The zero-order valence-corrected chi connectivity index (χ0v) is 65.1. The van der Waals surface area contributed by atoms with Crippen LogP contribution >= 0.6 is 46.1 Å². The van der Waals surface area contributed by atoms with Crippen molar-refractivity contribution in [2.75, 3.05) is 19.6 Å². The van der Waals surface area contributed by atoms with Crippen molar-refractivity contribution in [2.24, 2.45) is 0 Å². The third kappa shape index (κ3) is 13.2. The molecule has 0 amide bonds. The minimum atomic E-state index is -0.0954. The highest BCUT2D eigenvalue weighted by Crippen LogP contribution is 2.52. The van der Waals surface area contributed by atoms with Gasteiger partial charge in [-0.1, -0.05) is 238 Å². The van der Waals surface area contributed by atoms with Crippen LogP contribution in [-0.4, -0.2) is 13.4 Å². The second-order valence-electron chi connectivity index (χ2n) is 31.0. The van der Waals surface area contributed by atoms with E-state index in [4.69, 9.17) is 0 Å². The van der Waals surface area contributed by atoms with E-state index in [1.54, 1.807) is 0 Å². The Morgan fingerprint density at radius 2 is 0.891 bits per heavy atom. The molecular formula is C92H95B2IN4S2. The molecule has 4 heterocycles. The lowest BCUT2D eigenvalue weighted by Crippen LogP contribution is -2.64. The maximum absolute atomic E-state index is 2.73. The lowest BCUT2D eigenvalue weighted by Gasteiger charge is -2.46. The smallest absolute Gasteiger partial charge is 0.252 e. The van der Waals surface area contributed by atoms with E-state index in [-0.39, 0.29) is 24.3 Å². The van der Waals surface area contributed by atoms with E-state index in [9.17, 15) is 0 Å². The summed E-state index contributed by atoms with van der Waals surface area (Å²) in [5, 5.41) is 0. The van der Waals surface area contributed by atoms with Crippen LogP contribution in [0.3, 0.4) is 0 Å². The molecule has 0 N–H and O–H groups in total. The molecule has 0 spiro atoms. The average Bonchev–Trinajstić information content (AvgIpc) is 0.687. The molecular weight excluding hydrogens is 1370 g/mol. The van der Waals surface area contributed by atoms with Gasteiger partial charge in [0.15, 0.2) is 0 Å². The predicted molar refractivity (Wildman–Crippen MR) is 450 cm³/mol. The van der Waals surface area contributed by atoms with Crippen molar-refractivity contribution in [3.63, 3.8) is 0 Å². The minimum absolute atomic E-state index is 0.00578. The summed E-state index contributed by atoms with van der Waals surface area (Å²) in [5.41, 5.74) is 32.0. The van der Waals surface area contributed by atoms with Crippen molar-refractivity contribution in [3.8, 4) is 0 Å². The Kier molecular flexibility index (Phi) is 19.4. The second kappa shape index (κ2) is 28.4. The highest BCUT2D eigenvalue weighted by Gasteiger charge is 2.48. The van der Waals surface area contributed by atoms with Crippen molar-refractivity contribution in [1.82, 2.24) is 0 Å². The fourth-order valence-corrected chi connectivity index (χ4v) is 19.1. The van der Waals surface area contributed by atoms with Crippen LogP contribution in [0.1, 0.15) is 172 Å². The number of anilines is 12. The van der Waals surface area contributed by atoms with Gasteiger partial charge in [0.05, 0.1) is 5.69 Å². The number of rotatable bonds is 20. The second-order valence-corrected chi connectivity index (χ2v) is 34.4. The summed E-state index contributed by atoms with van der Waals surface area (Å²) in [6.07, 6.45) is 12.4. The molecule has 1 unspecified atom stereocenters. The molecule has 0 aliphatic carbocycles. The molecule has 0 aromatic heterocycles. The molecule has 508 valence electrons. The normalized spacial score (nSPS) is 13.6. The summed E-state index contributed by atoms with van der Waals surface area (Å²) < 4.78 is 1.21. The van der Waals surface area contributed by atoms with E-state index in [0.29, 0.717) is 5.92 Å². The number of halogens is 1. The zero-order chi connectivity index (χ0) is 70.0. The molecule has 9 heteroatoms. The first kappa shape index (κ1) is 68.9. The molecule has 0 fully saturated rings. The summed E-state index contributed by atoms with van der Waals surface area (Å²) in [6, 6.07) is 86.9. The quantitative estimate of drug-likeness (QED) is 0.0553. The Morgan fingerprint density at radius 3 is 1.44 bits per heavy atom. The minimum Gasteiger partial charge on any atom is -0.311 e. The van der Waals surface area contributed by atoms with E-state index < -0.39 is 0 Å².